The monoisotopic (exact) mass is 391 g/mol. The average molecular weight is 391 g/mol. The lowest BCUT2D eigenvalue weighted by Gasteiger charge is -2.09. The van der Waals surface area contributed by atoms with Gasteiger partial charge in [-0.1, -0.05) is 0 Å². The molecular formula is C19H18FNO5S. The van der Waals surface area contributed by atoms with E-state index in [0.717, 1.165) is 23.1 Å². The lowest BCUT2D eigenvalue weighted by Crippen LogP contribution is -2.13. The highest BCUT2D eigenvalue weighted by atomic mass is 32.2. The van der Waals surface area contributed by atoms with Gasteiger partial charge in [0.2, 0.25) is 5.91 Å². The number of hydrogen-bond donors (Lipinski definition) is 2. The third-order valence-electron chi connectivity index (χ3n) is 3.81. The van der Waals surface area contributed by atoms with Gasteiger partial charge in [0.1, 0.15) is 5.82 Å². The number of fused-ring (bicyclic) bond motifs is 1. The first kappa shape index (κ1) is 19.0. The van der Waals surface area contributed by atoms with E-state index in [4.69, 9.17) is 14.6 Å². The number of thioether (sulfide) groups is 1. The Balaban J connectivity index is 1.51. The van der Waals surface area contributed by atoms with Crippen LogP contribution in [0.3, 0.4) is 0 Å². The number of carbonyl (C=O) groups is 2. The van der Waals surface area contributed by atoms with Crippen molar-refractivity contribution in [2.75, 3.05) is 24.3 Å². The molecule has 27 heavy (non-hydrogen) atoms. The van der Waals surface area contributed by atoms with Gasteiger partial charge in [-0.05, 0) is 36.4 Å². The summed E-state index contributed by atoms with van der Waals surface area (Å²) in [6.07, 6.45) is 1.01. The van der Waals surface area contributed by atoms with Crippen molar-refractivity contribution in [3.63, 3.8) is 0 Å². The topological polar surface area (TPSA) is 84.9 Å². The molecule has 1 heterocycles. The number of ether oxygens (including phenoxy) is 2. The molecule has 0 unspecified atom stereocenters. The minimum atomic E-state index is -1.22. The van der Waals surface area contributed by atoms with Crippen molar-refractivity contribution in [1.82, 2.24) is 0 Å². The number of nitrogens with one attached hydrogen (secondary N) is 1. The predicted octanol–water partition coefficient (Wildman–Crippen LogP) is 3.81. The van der Waals surface area contributed by atoms with E-state index < -0.39 is 11.8 Å². The molecule has 6 nitrogen and oxygen atoms in total. The van der Waals surface area contributed by atoms with Crippen LogP contribution in [0.2, 0.25) is 0 Å². The van der Waals surface area contributed by atoms with Gasteiger partial charge in [0.05, 0.1) is 24.5 Å². The third-order valence-corrected chi connectivity index (χ3v) is 4.80. The van der Waals surface area contributed by atoms with Crippen molar-refractivity contribution in [2.45, 2.75) is 17.7 Å². The molecule has 0 atom stereocenters. The van der Waals surface area contributed by atoms with Gasteiger partial charge in [-0.3, -0.25) is 4.79 Å². The highest BCUT2D eigenvalue weighted by Gasteiger charge is 2.13. The second kappa shape index (κ2) is 8.77. The molecule has 0 saturated heterocycles. The molecule has 1 aliphatic heterocycles. The predicted molar refractivity (Wildman–Crippen MR) is 99.4 cm³/mol. The fourth-order valence-electron chi connectivity index (χ4n) is 2.46. The Labute approximate surface area is 159 Å². The third kappa shape index (κ3) is 5.13. The maximum absolute atomic E-state index is 13.8. The highest BCUT2D eigenvalue weighted by Crippen LogP contribution is 2.34. The van der Waals surface area contributed by atoms with Gasteiger partial charge in [0.15, 0.2) is 11.5 Å². The van der Waals surface area contributed by atoms with Gasteiger partial charge in [0.25, 0.3) is 0 Å². The van der Waals surface area contributed by atoms with E-state index in [1.165, 1.54) is 23.9 Å². The van der Waals surface area contributed by atoms with Crippen LogP contribution in [0.5, 0.6) is 11.5 Å². The zero-order valence-corrected chi connectivity index (χ0v) is 15.2. The van der Waals surface area contributed by atoms with Crippen LogP contribution in [-0.2, 0) is 4.79 Å². The first-order valence-corrected chi connectivity index (χ1v) is 9.36. The fourth-order valence-corrected chi connectivity index (χ4v) is 3.33. The van der Waals surface area contributed by atoms with Gasteiger partial charge in [0, 0.05) is 23.5 Å². The molecule has 1 aliphatic rings. The van der Waals surface area contributed by atoms with E-state index in [-0.39, 0.29) is 23.6 Å². The molecule has 1 amide bonds. The minimum absolute atomic E-state index is 0.0365. The first-order chi connectivity index (χ1) is 13.0. The summed E-state index contributed by atoms with van der Waals surface area (Å²) in [5, 5.41) is 11.3. The van der Waals surface area contributed by atoms with Crippen LogP contribution in [0, 0.1) is 5.82 Å². The molecule has 0 spiro atoms. The maximum atomic E-state index is 13.8. The van der Waals surface area contributed by atoms with E-state index in [1.54, 1.807) is 0 Å². The zero-order valence-electron chi connectivity index (χ0n) is 14.4. The molecule has 3 rings (SSSR count). The van der Waals surface area contributed by atoms with Gasteiger partial charge in [-0.2, -0.15) is 0 Å². The van der Waals surface area contributed by atoms with Crippen LogP contribution in [-0.4, -0.2) is 35.9 Å². The molecule has 0 radical (unpaired) electrons. The normalized spacial score (nSPS) is 12.9. The van der Waals surface area contributed by atoms with Crippen molar-refractivity contribution >= 4 is 29.3 Å². The molecule has 2 aromatic carbocycles. The number of amides is 1. The molecule has 0 bridgehead atoms. The zero-order chi connectivity index (χ0) is 19.2. The van der Waals surface area contributed by atoms with Crippen molar-refractivity contribution in [3.8, 4) is 11.5 Å². The molecule has 0 fully saturated rings. The summed E-state index contributed by atoms with van der Waals surface area (Å²) in [6, 6.07) is 9.00. The summed E-state index contributed by atoms with van der Waals surface area (Å²) >= 11 is 1.48. The summed E-state index contributed by atoms with van der Waals surface area (Å²) in [5.74, 6) is -0.436. The van der Waals surface area contributed by atoms with E-state index in [2.05, 4.69) is 5.32 Å². The Morgan fingerprint density at radius 1 is 1.11 bits per heavy atom. The molecule has 0 saturated carbocycles. The van der Waals surface area contributed by atoms with E-state index in [1.807, 2.05) is 18.2 Å². The molecule has 8 heteroatoms. The van der Waals surface area contributed by atoms with Crippen molar-refractivity contribution in [2.24, 2.45) is 0 Å². The van der Waals surface area contributed by atoms with E-state index in [9.17, 15) is 14.0 Å². The SMILES string of the molecule is O=C(CCSc1ccc2c(c1)OCCCO2)Nc1ccc(C(=O)O)cc1F. The first-order valence-electron chi connectivity index (χ1n) is 8.38. The number of carboxylic acid groups (broad SMARTS) is 1. The van der Waals surface area contributed by atoms with E-state index >= 15 is 0 Å². The van der Waals surface area contributed by atoms with Gasteiger partial charge >= 0.3 is 5.97 Å². The summed E-state index contributed by atoms with van der Waals surface area (Å²) < 4.78 is 25.1. The smallest absolute Gasteiger partial charge is 0.335 e. The number of anilines is 1. The largest absolute Gasteiger partial charge is 0.490 e. The standard InChI is InChI=1S/C19H18FNO5S/c20-14-10-12(19(23)24)2-4-15(14)21-18(22)6-9-27-13-3-5-16-17(11-13)26-8-1-7-25-16/h2-5,10-11H,1,6-9H2,(H,21,22)(H,23,24). The minimum Gasteiger partial charge on any atom is -0.490 e. The fraction of sp³-hybridized carbons (Fsp3) is 0.263. The number of rotatable bonds is 6. The number of carbonyl (C=O) groups excluding carboxylic acids is 1. The van der Waals surface area contributed by atoms with Gasteiger partial charge < -0.3 is 19.9 Å². The summed E-state index contributed by atoms with van der Waals surface area (Å²) in [6.45, 7) is 1.24. The quantitative estimate of drug-likeness (QED) is 0.729. The molecule has 2 N–H and O–H groups in total. The Morgan fingerprint density at radius 3 is 2.63 bits per heavy atom. The number of benzene rings is 2. The Bertz CT molecular complexity index is 858. The number of aromatic carboxylic acids is 1. The lowest BCUT2D eigenvalue weighted by atomic mass is 10.2. The molecular weight excluding hydrogens is 373 g/mol. The number of halogens is 1. The highest BCUT2D eigenvalue weighted by molar-refractivity contribution is 7.99. The van der Waals surface area contributed by atoms with Crippen LogP contribution in [0.1, 0.15) is 23.2 Å². The Hall–Kier alpha value is -2.74. The Kier molecular flexibility index (Phi) is 6.18. The van der Waals surface area contributed by atoms with Gasteiger partial charge in [-0.15, -0.1) is 11.8 Å². The van der Waals surface area contributed by atoms with E-state index in [0.29, 0.717) is 24.7 Å². The summed E-state index contributed by atoms with van der Waals surface area (Å²) in [7, 11) is 0. The number of hydrogen-bond acceptors (Lipinski definition) is 5. The van der Waals surface area contributed by atoms with Crippen LogP contribution in [0.15, 0.2) is 41.3 Å². The molecule has 2 aromatic rings. The molecule has 142 valence electrons. The summed E-state index contributed by atoms with van der Waals surface area (Å²) in [4.78, 5) is 23.7. The van der Waals surface area contributed by atoms with Crippen molar-refractivity contribution in [1.29, 1.82) is 0 Å². The van der Waals surface area contributed by atoms with Gasteiger partial charge in [-0.25, -0.2) is 9.18 Å². The van der Waals surface area contributed by atoms with Crippen LogP contribution >= 0.6 is 11.8 Å². The average Bonchev–Trinajstić information content (AvgIpc) is 2.88. The maximum Gasteiger partial charge on any atom is 0.335 e. The molecule has 0 aromatic heterocycles. The van der Waals surface area contributed by atoms with Crippen LogP contribution in [0.4, 0.5) is 10.1 Å². The Morgan fingerprint density at radius 2 is 1.89 bits per heavy atom. The summed E-state index contributed by atoms with van der Waals surface area (Å²) in [5.41, 5.74) is -0.207. The second-order valence-electron chi connectivity index (χ2n) is 5.81. The van der Waals surface area contributed by atoms with Crippen LogP contribution in [0.25, 0.3) is 0 Å². The lowest BCUT2D eigenvalue weighted by molar-refractivity contribution is -0.115. The second-order valence-corrected chi connectivity index (χ2v) is 6.97. The molecule has 0 aliphatic carbocycles. The van der Waals surface area contributed by atoms with Crippen LogP contribution < -0.4 is 14.8 Å². The van der Waals surface area contributed by atoms with Crippen molar-refractivity contribution in [3.05, 3.63) is 47.8 Å². The van der Waals surface area contributed by atoms with Crippen molar-refractivity contribution < 1.29 is 28.6 Å². The number of carboxylic acids is 1.